The van der Waals surface area contributed by atoms with Crippen molar-refractivity contribution in [1.29, 1.82) is 0 Å². The molecule has 0 aromatic rings. The highest BCUT2D eigenvalue weighted by molar-refractivity contribution is 5.68. The average Bonchev–Trinajstić information content (AvgIpc) is 2.57. The van der Waals surface area contributed by atoms with Crippen LogP contribution in [0.4, 0.5) is 0 Å². The summed E-state index contributed by atoms with van der Waals surface area (Å²) in [5.74, 6) is -0.114. The maximum atomic E-state index is 10.9. The van der Waals surface area contributed by atoms with Gasteiger partial charge < -0.3 is 4.74 Å². The minimum atomic E-state index is -0.235. The predicted molar refractivity (Wildman–Crippen MR) is 94.3 cm³/mol. The van der Waals surface area contributed by atoms with Crippen LogP contribution in [0, 0.1) is 0 Å². The van der Waals surface area contributed by atoms with Crippen molar-refractivity contribution in [2.75, 3.05) is 7.11 Å². The highest BCUT2D eigenvalue weighted by Crippen LogP contribution is 2.09. The molecule has 4 nitrogen and oxygen atoms in total. The van der Waals surface area contributed by atoms with Crippen molar-refractivity contribution in [1.82, 2.24) is 0 Å². The summed E-state index contributed by atoms with van der Waals surface area (Å²) < 4.78 is 4.61. The molecule has 0 aliphatic carbocycles. The summed E-state index contributed by atoms with van der Waals surface area (Å²) in [5.41, 5.74) is 0. The highest BCUT2D eigenvalue weighted by atomic mass is 17.1. The Kier molecular flexibility index (Phi) is 16.4. The van der Waals surface area contributed by atoms with Crippen LogP contribution in [-0.4, -0.2) is 24.4 Å². The van der Waals surface area contributed by atoms with Crippen molar-refractivity contribution in [2.45, 2.75) is 83.7 Å². The first-order chi connectivity index (χ1) is 11.2. The third-order valence-electron chi connectivity index (χ3n) is 3.72. The molecule has 0 radical (unpaired) electrons. The summed E-state index contributed by atoms with van der Waals surface area (Å²) in [6.45, 7) is 2.16. The zero-order chi connectivity index (χ0) is 17.2. The van der Waals surface area contributed by atoms with Gasteiger partial charge in [-0.25, -0.2) is 4.89 Å². The molecular weight excluding hydrogens is 292 g/mol. The van der Waals surface area contributed by atoms with Gasteiger partial charge in [-0.2, -0.15) is 0 Å². The molecule has 1 unspecified atom stereocenters. The number of methoxy groups -OCH3 is 1. The summed E-state index contributed by atoms with van der Waals surface area (Å²) in [5, 5.41) is 8.84. The molecular formula is C19H34O4. The first kappa shape index (κ1) is 21.9. The molecule has 0 saturated heterocycles. The highest BCUT2D eigenvalue weighted by Gasteiger charge is 2.01. The molecule has 0 aromatic heterocycles. The largest absolute Gasteiger partial charge is 0.469 e. The minimum Gasteiger partial charge on any atom is -0.469 e. The molecule has 23 heavy (non-hydrogen) atoms. The molecule has 0 aliphatic heterocycles. The van der Waals surface area contributed by atoms with Gasteiger partial charge in [-0.1, -0.05) is 63.3 Å². The van der Waals surface area contributed by atoms with Crippen molar-refractivity contribution in [3.63, 3.8) is 0 Å². The predicted octanol–water partition coefficient (Wildman–Crippen LogP) is 5.44. The Balaban J connectivity index is 3.51. The second kappa shape index (κ2) is 17.2. The molecule has 0 bridgehead atoms. The van der Waals surface area contributed by atoms with E-state index in [0.717, 1.165) is 38.5 Å². The van der Waals surface area contributed by atoms with Gasteiger partial charge in [0, 0.05) is 6.42 Å². The molecule has 1 atom stereocenters. The molecule has 0 heterocycles. The van der Waals surface area contributed by atoms with E-state index in [2.05, 4.69) is 34.8 Å². The molecule has 134 valence electrons. The van der Waals surface area contributed by atoms with E-state index in [0.29, 0.717) is 12.8 Å². The smallest absolute Gasteiger partial charge is 0.305 e. The fourth-order valence-corrected chi connectivity index (χ4v) is 2.24. The lowest BCUT2D eigenvalue weighted by atomic mass is 10.1. The van der Waals surface area contributed by atoms with Gasteiger partial charge in [-0.05, 0) is 32.1 Å². The normalized spacial score (nSPS) is 13.0. The number of carbonyl (C=O) groups excluding carboxylic acids is 1. The Morgan fingerprint density at radius 2 is 1.70 bits per heavy atom. The molecule has 0 saturated carbocycles. The van der Waals surface area contributed by atoms with Gasteiger partial charge >= 0.3 is 5.97 Å². The summed E-state index contributed by atoms with van der Waals surface area (Å²) in [6, 6.07) is 0. The van der Waals surface area contributed by atoms with Crippen LogP contribution in [-0.2, 0) is 14.4 Å². The van der Waals surface area contributed by atoms with Crippen LogP contribution in [0.2, 0.25) is 0 Å². The van der Waals surface area contributed by atoms with Gasteiger partial charge in [0.2, 0.25) is 0 Å². The molecule has 4 heteroatoms. The Bertz CT molecular complexity index is 323. The fraction of sp³-hybridized carbons (Fsp3) is 0.737. The first-order valence-corrected chi connectivity index (χ1v) is 8.93. The molecule has 1 N–H and O–H groups in total. The van der Waals surface area contributed by atoms with E-state index in [4.69, 9.17) is 5.26 Å². The third-order valence-corrected chi connectivity index (χ3v) is 3.72. The van der Waals surface area contributed by atoms with Crippen molar-refractivity contribution in [3.05, 3.63) is 24.3 Å². The van der Waals surface area contributed by atoms with Crippen LogP contribution < -0.4 is 0 Å². The zero-order valence-electron chi connectivity index (χ0n) is 14.8. The van der Waals surface area contributed by atoms with Gasteiger partial charge in [-0.3, -0.25) is 10.1 Å². The van der Waals surface area contributed by atoms with Gasteiger partial charge in [0.15, 0.2) is 0 Å². The average molecular weight is 326 g/mol. The second-order valence-electron chi connectivity index (χ2n) is 5.80. The van der Waals surface area contributed by atoms with Gasteiger partial charge in [0.05, 0.1) is 7.11 Å². The van der Waals surface area contributed by atoms with Crippen LogP contribution in [0.25, 0.3) is 0 Å². The topological polar surface area (TPSA) is 55.8 Å². The van der Waals surface area contributed by atoms with Crippen molar-refractivity contribution < 1.29 is 19.7 Å². The Hall–Kier alpha value is -1.13. The van der Waals surface area contributed by atoms with Crippen LogP contribution in [0.15, 0.2) is 24.3 Å². The third kappa shape index (κ3) is 15.5. The standard InChI is InChI=1S/C19H34O4/c1-3-4-5-12-15-18(23-21)16-13-10-8-6-7-9-11-14-17-19(20)22-2/h10,12-13,15,18,21H,3-9,11,14,16-17H2,1-2H3/b13-10-,15-12+. The maximum absolute atomic E-state index is 10.9. The van der Waals surface area contributed by atoms with Gasteiger partial charge in [0.25, 0.3) is 0 Å². The van der Waals surface area contributed by atoms with E-state index < -0.39 is 0 Å². The van der Waals surface area contributed by atoms with Crippen LogP contribution in [0.1, 0.15) is 77.6 Å². The molecule has 0 aromatic carbocycles. The molecule has 0 rings (SSSR count). The van der Waals surface area contributed by atoms with E-state index in [-0.39, 0.29) is 12.1 Å². The first-order valence-electron chi connectivity index (χ1n) is 8.93. The Morgan fingerprint density at radius 3 is 2.39 bits per heavy atom. The fourth-order valence-electron chi connectivity index (χ4n) is 2.24. The zero-order valence-corrected chi connectivity index (χ0v) is 14.8. The van der Waals surface area contributed by atoms with E-state index in [9.17, 15) is 4.79 Å². The molecule has 0 aliphatic rings. The molecule has 0 spiro atoms. The van der Waals surface area contributed by atoms with E-state index in [1.807, 2.05) is 6.08 Å². The van der Waals surface area contributed by atoms with Crippen LogP contribution >= 0.6 is 0 Å². The number of esters is 1. The number of ether oxygens (including phenoxy) is 1. The van der Waals surface area contributed by atoms with Gasteiger partial charge in [0.1, 0.15) is 6.10 Å². The summed E-state index contributed by atoms with van der Waals surface area (Å²) in [7, 11) is 1.43. The lowest BCUT2D eigenvalue weighted by molar-refractivity contribution is -0.264. The van der Waals surface area contributed by atoms with E-state index in [1.165, 1.54) is 26.4 Å². The number of hydrogen-bond acceptors (Lipinski definition) is 4. The van der Waals surface area contributed by atoms with Crippen molar-refractivity contribution >= 4 is 5.97 Å². The minimum absolute atomic E-state index is 0.114. The SMILES string of the molecule is CCCC/C=C/C(C/C=C\CCCCCCCC(=O)OC)OO. The van der Waals surface area contributed by atoms with Crippen LogP contribution in [0.3, 0.4) is 0 Å². The summed E-state index contributed by atoms with van der Waals surface area (Å²) in [6.07, 6.45) is 19.2. The quantitative estimate of drug-likeness (QED) is 0.143. The number of rotatable bonds is 15. The van der Waals surface area contributed by atoms with E-state index >= 15 is 0 Å². The number of unbranched alkanes of at least 4 members (excludes halogenated alkanes) is 7. The lowest BCUT2D eigenvalue weighted by Gasteiger charge is -2.05. The lowest BCUT2D eigenvalue weighted by Crippen LogP contribution is -2.05. The van der Waals surface area contributed by atoms with Crippen molar-refractivity contribution in [2.24, 2.45) is 0 Å². The summed E-state index contributed by atoms with van der Waals surface area (Å²) in [4.78, 5) is 15.4. The monoisotopic (exact) mass is 326 g/mol. The Labute approximate surface area is 141 Å². The Morgan fingerprint density at radius 1 is 1.00 bits per heavy atom. The van der Waals surface area contributed by atoms with E-state index in [1.54, 1.807) is 0 Å². The molecule has 0 fully saturated rings. The number of allylic oxidation sites excluding steroid dienone is 2. The van der Waals surface area contributed by atoms with Crippen molar-refractivity contribution in [3.8, 4) is 0 Å². The number of hydrogen-bond donors (Lipinski definition) is 1. The number of carbonyl (C=O) groups is 1. The second-order valence-corrected chi connectivity index (χ2v) is 5.80. The van der Waals surface area contributed by atoms with Crippen LogP contribution in [0.5, 0.6) is 0 Å². The molecule has 0 amide bonds. The van der Waals surface area contributed by atoms with Gasteiger partial charge in [-0.15, -0.1) is 0 Å². The summed E-state index contributed by atoms with van der Waals surface area (Å²) >= 11 is 0. The maximum Gasteiger partial charge on any atom is 0.305 e.